The molecular weight excluding hydrogens is 382 g/mol. The summed E-state index contributed by atoms with van der Waals surface area (Å²) in [4.78, 5) is 27.2. The van der Waals surface area contributed by atoms with E-state index >= 15 is 0 Å². The van der Waals surface area contributed by atoms with Crippen molar-refractivity contribution in [1.29, 1.82) is 0 Å². The summed E-state index contributed by atoms with van der Waals surface area (Å²) in [6.07, 6.45) is 1.63. The second kappa shape index (κ2) is 8.01. The number of amides is 1. The number of benzene rings is 2. The molecule has 0 radical (unpaired) electrons. The molecule has 0 bridgehead atoms. The van der Waals surface area contributed by atoms with E-state index in [0.29, 0.717) is 55.2 Å². The highest BCUT2D eigenvalue weighted by Crippen LogP contribution is 2.41. The average Bonchev–Trinajstić information content (AvgIpc) is 2.74. The lowest BCUT2D eigenvalue weighted by atomic mass is 9.81. The molecule has 1 spiro atoms. The topological polar surface area (TPSA) is 65.1 Å². The number of aryl methyl sites for hydroxylation is 2. The predicted molar refractivity (Wildman–Crippen MR) is 113 cm³/mol. The first kappa shape index (κ1) is 20.3. The van der Waals surface area contributed by atoms with Crippen LogP contribution in [0.25, 0.3) is 0 Å². The van der Waals surface area contributed by atoms with Crippen molar-refractivity contribution in [2.45, 2.75) is 38.7 Å². The maximum atomic E-state index is 12.8. The zero-order valence-electron chi connectivity index (χ0n) is 17.7. The van der Waals surface area contributed by atoms with E-state index in [0.717, 1.165) is 11.1 Å². The van der Waals surface area contributed by atoms with Crippen molar-refractivity contribution in [1.82, 2.24) is 4.90 Å². The van der Waals surface area contributed by atoms with Crippen molar-refractivity contribution in [3.63, 3.8) is 0 Å². The van der Waals surface area contributed by atoms with Crippen LogP contribution in [0.2, 0.25) is 0 Å². The standard InChI is InChI=1S/C24H27NO5/c1-16-12-17(2)23-18(13-16)19(26)14-24(30-23)8-10-25(11-9-24)22(27)15-29-21-7-5-4-6-20(21)28-3/h4-7,12-13H,8-11,14-15H2,1-3H3. The van der Waals surface area contributed by atoms with Gasteiger partial charge in [0, 0.05) is 25.9 Å². The average molecular weight is 409 g/mol. The first-order valence-corrected chi connectivity index (χ1v) is 10.3. The Morgan fingerprint density at radius 3 is 2.53 bits per heavy atom. The summed E-state index contributed by atoms with van der Waals surface area (Å²) in [6, 6.07) is 11.2. The summed E-state index contributed by atoms with van der Waals surface area (Å²) >= 11 is 0. The number of methoxy groups -OCH3 is 1. The molecular formula is C24H27NO5. The molecule has 0 atom stereocenters. The van der Waals surface area contributed by atoms with Crippen molar-refractivity contribution < 1.29 is 23.8 Å². The summed E-state index contributed by atoms with van der Waals surface area (Å²) in [6.45, 7) is 5.01. The van der Waals surface area contributed by atoms with E-state index in [-0.39, 0.29) is 18.3 Å². The number of nitrogens with zero attached hydrogens (tertiary/aromatic N) is 1. The lowest BCUT2D eigenvalue weighted by Crippen LogP contribution is -2.53. The van der Waals surface area contributed by atoms with Gasteiger partial charge in [-0.2, -0.15) is 0 Å². The molecule has 1 saturated heterocycles. The number of hydrogen-bond acceptors (Lipinski definition) is 5. The number of rotatable bonds is 4. The zero-order valence-corrected chi connectivity index (χ0v) is 17.7. The normalized spacial score (nSPS) is 17.3. The first-order chi connectivity index (χ1) is 14.4. The molecule has 2 aromatic rings. The molecule has 2 aliphatic rings. The molecule has 30 heavy (non-hydrogen) atoms. The molecule has 0 N–H and O–H groups in total. The molecule has 1 fully saturated rings. The smallest absolute Gasteiger partial charge is 0.260 e. The van der Waals surface area contributed by atoms with Crippen molar-refractivity contribution in [2.24, 2.45) is 0 Å². The molecule has 0 unspecified atom stereocenters. The van der Waals surface area contributed by atoms with Crippen LogP contribution in [0.1, 0.15) is 40.7 Å². The fourth-order valence-corrected chi connectivity index (χ4v) is 4.35. The number of piperidine rings is 1. The van der Waals surface area contributed by atoms with Gasteiger partial charge in [-0.05, 0) is 43.2 Å². The predicted octanol–water partition coefficient (Wildman–Crippen LogP) is 3.72. The Labute approximate surface area is 176 Å². The van der Waals surface area contributed by atoms with Gasteiger partial charge in [0.1, 0.15) is 11.4 Å². The van der Waals surface area contributed by atoms with Crippen LogP contribution in [0.3, 0.4) is 0 Å². The number of para-hydroxylation sites is 2. The van der Waals surface area contributed by atoms with E-state index in [1.54, 1.807) is 24.1 Å². The number of ether oxygens (including phenoxy) is 3. The monoisotopic (exact) mass is 409 g/mol. The summed E-state index contributed by atoms with van der Waals surface area (Å²) < 4.78 is 17.3. The lowest BCUT2D eigenvalue weighted by Gasteiger charge is -2.44. The number of carbonyl (C=O) groups excluding carboxylic acids is 2. The third-order valence-corrected chi connectivity index (χ3v) is 5.97. The number of Topliss-reactive ketones (excluding diaryl/α,β-unsaturated/α-hetero) is 1. The molecule has 0 aromatic heterocycles. The van der Waals surface area contributed by atoms with Gasteiger partial charge in [-0.25, -0.2) is 0 Å². The van der Waals surface area contributed by atoms with E-state index in [1.165, 1.54) is 0 Å². The minimum atomic E-state index is -0.523. The van der Waals surface area contributed by atoms with Gasteiger partial charge in [0.15, 0.2) is 23.9 Å². The Morgan fingerprint density at radius 1 is 1.13 bits per heavy atom. The van der Waals surface area contributed by atoms with Crippen LogP contribution in [-0.4, -0.2) is 49.0 Å². The van der Waals surface area contributed by atoms with Crippen LogP contribution < -0.4 is 14.2 Å². The highest BCUT2D eigenvalue weighted by atomic mass is 16.5. The second-order valence-corrected chi connectivity index (χ2v) is 8.16. The summed E-state index contributed by atoms with van der Waals surface area (Å²) in [5.41, 5.74) is 2.21. The third kappa shape index (κ3) is 3.86. The fraction of sp³-hybridized carbons (Fsp3) is 0.417. The number of hydrogen-bond donors (Lipinski definition) is 0. The quantitative estimate of drug-likeness (QED) is 0.770. The first-order valence-electron chi connectivity index (χ1n) is 10.3. The summed E-state index contributed by atoms with van der Waals surface area (Å²) in [5.74, 6) is 1.90. The van der Waals surface area contributed by atoms with Crippen LogP contribution in [0, 0.1) is 13.8 Å². The van der Waals surface area contributed by atoms with Crippen LogP contribution in [-0.2, 0) is 4.79 Å². The summed E-state index contributed by atoms with van der Waals surface area (Å²) in [5, 5.41) is 0. The van der Waals surface area contributed by atoms with Crippen molar-refractivity contribution in [3.05, 3.63) is 53.1 Å². The molecule has 2 heterocycles. The van der Waals surface area contributed by atoms with Gasteiger partial charge in [0.25, 0.3) is 5.91 Å². The molecule has 6 nitrogen and oxygen atoms in total. The number of fused-ring (bicyclic) bond motifs is 1. The van der Waals surface area contributed by atoms with Crippen molar-refractivity contribution in [2.75, 3.05) is 26.8 Å². The molecule has 6 heteroatoms. The maximum Gasteiger partial charge on any atom is 0.260 e. The Balaban J connectivity index is 1.39. The molecule has 4 rings (SSSR count). The van der Waals surface area contributed by atoms with Crippen LogP contribution in [0.5, 0.6) is 17.2 Å². The molecule has 1 amide bonds. The SMILES string of the molecule is COc1ccccc1OCC(=O)N1CCC2(CC1)CC(=O)c1cc(C)cc(C)c1O2. The van der Waals surface area contributed by atoms with Crippen LogP contribution in [0.15, 0.2) is 36.4 Å². The lowest BCUT2D eigenvalue weighted by molar-refractivity contribution is -0.137. The Bertz CT molecular complexity index is 976. The van der Waals surface area contributed by atoms with E-state index in [2.05, 4.69) is 0 Å². The highest BCUT2D eigenvalue weighted by Gasteiger charge is 2.44. The third-order valence-electron chi connectivity index (χ3n) is 5.97. The molecule has 0 aliphatic carbocycles. The van der Waals surface area contributed by atoms with E-state index in [9.17, 15) is 9.59 Å². The van der Waals surface area contributed by atoms with Gasteiger partial charge in [-0.15, -0.1) is 0 Å². The van der Waals surface area contributed by atoms with Crippen LogP contribution in [0.4, 0.5) is 0 Å². The van der Waals surface area contributed by atoms with Gasteiger partial charge in [-0.1, -0.05) is 18.2 Å². The molecule has 2 aliphatic heterocycles. The van der Waals surface area contributed by atoms with Crippen LogP contribution >= 0.6 is 0 Å². The summed E-state index contributed by atoms with van der Waals surface area (Å²) in [7, 11) is 1.57. The van der Waals surface area contributed by atoms with Gasteiger partial charge in [-0.3, -0.25) is 9.59 Å². The largest absolute Gasteiger partial charge is 0.493 e. The van der Waals surface area contributed by atoms with Gasteiger partial charge >= 0.3 is 0 Å². The number of ketones is 1. The Kier molecular flexibility index (Phi) is 5.41. The molecule has 2 aromatic carbocycles. The van der Waals surface area contributed by atoms with Crippen molar-refractivity contribution in [3.8, 4) is 17.2 Å². The number of carbonyl (C=O) groups is 2. The Hall–Kier alpha value is -3.02. The maximum absolute atomic E-state index is 12.8. The van der Waals surface area contributed by atoms with Gasteiger partial charge in [0.05, 0.1) is 19.1 Å². The number of likely N-dealkylation sites (tertiary alicyclic amines) is 1. The van der Waals surface area contributed by atoms with Gasteiger partial charge < -0.3 is 19.1 Å². The minimum absolute atomic E-state index is 0.0472. The van der Waals surface area contributed by atoms with E-state index in [4.69, 9.17) is 14.2 Å². The minimum Gasteiger partial charge on any atom is -0.493 e. The highest BCUT2D eigenvalue weighted by molar-refractivity contribution is 6.01. The fourth-order valence-electron chi connectivity index (χ4n) is 4.35. The zero-order chi connectivity index (χ0) is 21.3. The van der Waals surface area contributed by atoms with Crippen molar-refractivity contribution >= 4 is 11.7 Å². The second-order valence-electron chi connectivity index (χ2n) is 8.16. The molecule has 158 valence electrons. The van der Waals surface area contributed by atoms with Gasteiger partial charge in [0.2, 0.25) is 0 Å². The Morgan fingerprint density at radius 2 is 1.83 bits per heavy atom. The van der Waals surface area contributed by atoms with E-state index < -0.39 is 5.60 Å². The molecule has 0 saturated carbocycles. The van der Waals surface area contributed by atoms with E-state index in [1.807, 2.05) is 38.1 Å².